The Hall–Kier alpha value is -2.34. The fraction of sp³-hybridized carbons (Fsp3) is 0.688. The van der Waals surface area contributed by atoms with Crippen LogP contribution in [0.4, 0.5) is 0 Å². The van der Waals surface area contributed by atoms with E-state index < -0.39 is 53.8 Å². The summed E-state index contributed by atoms with van der Waals surface area (Å²) in [7, 11) is 0. The van der Waals surface area contributed by atoms with Gasteiger partial charge in [0.25, 0.3) is 0 Å². The molecule has 4 unspecified atom stereocenters. The van der Waals surface area contributed by atoms with E-state index in [1.54, 1.807) is 0 Å². The molecule has 1 heterocycles. The average molecular weight is 418 g/mol. The molecule has 158 valence electrons. The second kappa shape index (κ2) is 10.9. The lowest BCUT2D eigenvalue weighted by Crippen LogP contribution is -2.56. The van der Waals surface area contributed by atoms with Gasteiger partial charge < -0.3 is 31.5 Å². The molecule has 6 N–H and O–H groups in total. The molecule has 3 amide bonds. The van der Waals surface area contributed by atoms with Gasteiger partial charge in [-0.15, -0.1) is 0 Å². The fourth-order valence-electron chi connectivity index (χ4n) is 2.79. The van der Waals surface area contributed by atoms with Gasteiger partial charge in [0.2, 0.25) is 17.7 Å². The van der Waals surface area contributed by atoms with Crippen molar-refractivity contribution in [3.8, 4) is 0 Å². The summed E-state index contributed by atoms with van der Waals surface area (Å²) in [6, 6.07) is -4.10. The molecule has 1 aliphatic rings. The number of carbonyl (C=O) groups excluding carboxylic acids is 3. The van der Waals surface area contributed by atoms with Crippen LogP contribution in [0, 0.1) is 0 Å². The Kier molecular flexibility index (Phi) is 9.19. The second-order valence-corrected chi connectivity index (χ2v) is 6.91. The van der Waals surface area contributed by atoms with Crippen molar-refractivity contribution < 1.29 is 34.2 Å². The smallest absolute Gasteiger partial charge is 0.326 e. The van der Waals surface area contributed by atoms with Gasteiger partial charge in [-0.2, -0.15) is 12.6 Å². The van der Waals surface area contributed by atoms with Crippen LogP contribution < -0.4 is 16.4 Å². The van der Waals surface area contributed by atoms with E-state index >= 15 is 0 Å². The van der Waals surface area contributed by atoms with Crippen molar-refractivity contribution in [2.45, 2.75) is 56.8 Å². The number of likely N-dealkylation sites (tertiary alicyclic amines) is 1. The largest absolute Gasteiger partial charge is 0.481 e. The van der Waals surface area contributed by atoms with Crippen molar-refractivity contribution in [1.82, 2.24) is 15.5 Å². The number of aliphatic carboxylic acids is 2. The average Bonchev–Trinajstić information content (AvgIpc) is 3.12. The molecule has 1 fully saturated rings. The van der Waals surface area contributed by atoms with Gasteiger partial charge >= 0.3 is 11.9 Å². The van der Waals surface area contributed by atoms with Gasteiger partial charge in [-0.05, 0) is 26.2 Å². The van der Waals surface area contributed by atoms with Gasteiger partial charge in [-0.1, -0.05) is 0 Å². The first-order valence-electron chi connectivity index (χ1n) is 8.80. The number of carbonyl (C=O) groups is 5. The van der Waals surface area contributed by atoms with E-state index in [-0.39, 0.29) is 18.6 Å². The predicted molar refractivity (Wildman–Crippen MR) is 101 cm³/mol. The highest BCUT2D eigenvalue weighted by atomic mass is 32.1. The molecule has 0 spiro atoms. The maximum Gasteiger partial charge on any atom is 0.326 e. The Bertz CT molecular complexity index is 630. The van der Waals surface area contributed by atoms with Gasteiger partial charge in [0, 0.05) is 18.7 Å². The van der Waals surface area contributed by atoms with Crippen LogP contribution in [0.1, 0.15) is 32.6 Å². The van der Waals surface area contributed by atoms with Crippen molar-refractivity contribution in [3.05, 3.63) is 0 Å². The lowest BCUT2D eigenvalue weighted by molar-refractivity contribution is -0.149. The zero-order chi connectivity index (χ0) is 21.4. The molecule has 4 atom stereocenters. The van der Waals surface area contributed by atoms with Crippen LogP contribution in [0.25, 0.3) is 0 Å². The van der Waals surface area contributed by atoms with E-state index in [9.17, 15) is 24.0 Å². The van der Waals surface area contributed by atoms with E-state index in [2.05, 4.69) is 23.3 Å². The number of rotatable bonds is 10. The van der Waals surface area contributed by atoms with E-state index in [4.69, 9.17) is 15.9 Å². The Labute approximate surface area is 167 Å². The molecule has 28 heavy (non-hydrogen) atoms. The van der Waals surface area contributed by atoms with Crippen LogP contribution in [-0.2, 0) is 24.0 Å². The predicted octanol–water partition coefficient (Wildman–Crippen LogP) is -1.83. The number of carboxylic acid groups (broad SMARTS) is 2. The highest BCUT2D eigenvalue weighted by Gasteiger charge is 2.36. The molecule has 12 heteroatoms. The summed E-state index contributed by atoms with van der Waals surface area (Å²) in [5, 5.41) is 22.6. The number of nitrogens with zero attached hydrogens (tertiary/aromatic N) is 1. The molecule has 11 nitrogen and oxygen atoms in total. The Morgan fingerprint density at radius 2 is 1.82 bits per heavy atom. The first-order valence-corrected chi connectivity index (χ1v) is 9.44. The summed E-state index contributed by atoms with van der Waals surface area (Å²) in [6.07, 6.45) is 0.527. The van der Waals surface area contributed by atoms with Crippen molar-refractivity contribution >= 4 is 42.3 Å². The van der Waals surface area contributed by atoms with E-state index in [0.29, 0.717) is 19.4 Å². The minimum atomic E-state index is -1.11. The van der Waals surface area contributed by atoms with Crippen LogP contribution in [0.15, 0.2) is 0 Å². The number of hydrogen-bond acceptors (Lipinski definition) is 7. The van der Waals surface area contributed by atoms with Crippen LogP contribution in [0.3, 0.4) is 0 Å². The number of thiol groups is 1. The summed E-state index contributed by atoms with van der Waals surface area (Å²) in [6.45, 7) is 1.72. The van der Waals surface area contributed by atoms with Crippen molar-refractivity contribution in [2.75, 3.05) is 12.3 Å². The quantitative estimate of drug-likeness (QED) is 0.224. The monoisotopic (exact) mass is 418 g/mol. The Morgan fingerprint density at radius 1 is 1.18 bits per heavy atom. The molecule has 0 aliphatic carbocycles. The standard InChI is InChI=1S/C16H26N4O7S/c1-8(15(25)20-6-2-3-11(20)16(26)27)18-14(24)10(7-28)19-13(23)9(17)4-5-12(21)22/h8-11,28H,2-7,17H2,1H3,(H,18,24)(H,19,23)(H,21,22)(H,26,27). The molecule has 0 aromatic carbocycles. The molecule has 0 aromatic rings. The first kappa shape index (κ1) is 23.7. The van der Waals surface area contributed by atoms with Gasteiger partial charge in [-0.3, -0.25) is 19.2 Å². The van der Waals surface area contributed by atoms with Crippen LogP contribution in [0.5, 0.6) is 0 Å². The fourth-order valence-corrected chi connectivity index (χ4v) is 3.05. The second-order valence-electron chi connectivity index (χ2n) is 6.54. The molecule has 0 aromatic heterocycles. The summed E-state index contributed by atoms with van der Waals surface area (Å²) in [5.41, 5.74) is 5.60. The SMILES string of the molecule is CC(NC(=O)C(CS)NC(=O)C(N)CCC(=O)O)C(=O)N1CCCC1C(=O)O. The molecule has 1 aliphatic heterocycles. The molecule has 0 radical (unpaired) electrons. The minimum Gasteiger partial charge on any atom is -0.481 e. The van der Waals surface area contributed by atoms with E-state index in [0.717, 1.165) is 0 Å². The van der Waals surface area contributed by atoms with E-state index in [1.807, 2.05) is 0 Å². The first-order chi connectivity index (χ1) is 13.1. The topological polar surface area (TPSA) is 179 Å². The molecule has 0 bridgehead atoms. The van der Waals surface area contributed by atoms with Crippen LogP contribution in [-0.4, -0.2) is 81.2 Å². The lowest BCUT2D eigenvalue weighted by atomic mass is 10.1. The third-order valence-corrected chi connectivity index (χ3v) is 4.74. The molecular formula is C16H26N4O7S. The Balaban J connectivity index is 2.62. The third-order valence-electron chi connectivity index (χ3n) is 4.37. The highest BCUT2D eigenvalue weighted by Crippen LogP contribution is 2.18. The van der Waals surface area contributed by atoms with Gasteiger partial charge in [0.05, 0.1) is 6.04 Å². The third kappa shape index (κ3) is 6.68. The summed E-state index contributed by atoms with van der Waals surface area (Å²) in [5.74, 6) is -4.19. The lowest BCUT2D eigenvalue weighted by Gasteiger charge is -2.26. The van der Waals surface area contributed by atoms with Gasteiger partial charge in [-0.25, -0.2) is 4.79 Å². The number of amides is 3. The van der Waals surface area contributed by atoms with Gasteiger partial charge in [0.15, 0.2) is 0 Å². The number of hydrogen-bond donors (Lipinski definition) is 6. The molecule has 1 rings (SSSR count). The maximum atomic E-state index is 12.5. The summed E-state index contributed by atoms with van der Waals surface area (Å²) < 4.78 is 0. The summed E-state index contributed by atoms with van der Waals surface area (Å²) in [4.78, 5) is 59.7. The van der Waals surface area contributed by atoms with Crippen LogP contribution >= 0.6 is 12.6 Å². The zero-order valence-corrected chi connectivity index (χ0v) is 16.4. The molecule has 0 saturated carbocycles. The number of nitrogens with one attached hydrogen (secondary N) is 2. The van der Waals surface area contributed by atoms with Crippen molar-refractivity contribution in [3.63, 3.8) is 0 Å². The van der Waals surface area contributed by atoms with Crippen molar-refractivity contribution in [2.24, 2.45) is 5.73 Å². The zero-order valence-electron chi connectivity index (χ0n) is 15.5. The minimum absolute atomic E-state index is 0.0778. The van der Waals surface area contributed by atoms with Crippen molar-refractivity contribution in [1.29, 1.82) is 0 Å². The van der Waals surface area contributed by atoms with Crippen LogP contribution in [0.2, 0.25) is 0 Å². The summed E-state index contributed by atoms with van der Waals surface area (Å²) >= 11 is 4.00. The van der Waals surface area contributed by atoms with Gasteiger partial charge in [0.1, 0.15) is 18.1 Å². The molecular weight excluding hydrogens is 392 g/mol. The maximum absolute atomic E-state index is 12.5. The Morgan fingerprint density at radius 3 is 2.36 bits per heavy atom. The normalized spacial score (nSPS) is 19.4. The molecule has 1 saturated heterocycles. The highest BCUT2D eigenvalue weighted by molar-refractivity contribution is 7.80. The van der Waals surface area contributed by atoms with E-state index in [1.165, 1.54) is 11.8 Å². The number of nitrogens with two attached hydrogens (primary N) is 1. The number of carboxylic acids is 2.